The Kier molecular flexibility index (Phi) is 5.73. The number of anilines is 1. The van der Waals surface area contributed by atoms with E-state index in [1.54, 1.807) is 42.5 Å². The lowest BCUT2D eigenvalue weighted by molar-refractivity contribution is 0.102. The van der Waals surface area contributed by atoms with Gasteiger partial charge in [0.05, 0.1) is 21.2 Å². The highest BCUT2D eigenvalue weighted by atomic mass is 35.5. The molecule has 0 saturated carbocycles. The van der Waals surface area contributed by atoms with Gasteiger partial charge in [-0.05, 0) is 30.7 Å². The minimum absolute atomic E-state index is 0.166. The Morgan fingerprint density at radius 3 is 2.63 bits per heavy atom. The van der Waals surface area contributed by atoms with Crippen LogP contribution in [0.3, 0.4) is 0 Å². The van der Waals surface area contributed by atoms with Gasteiger partial charge in [0.2, 0.25) is 0 Å². The molecule has 1 amide bonds. The van der Waals surface area contributed by atoms with Gasteiger partial charge in [0.1, 0.15) is 11.3 Å². The maximum atomic E-state index is 13.0. The van der Waals surface area contributed by atoms with Gasteiger partial charge in [-0.3, -0.25) is 9.59 Å². The van der Waals surface area contributed by atoms with Crippen molar-refractivity contribution in [2.75, 3.05) is 5.32 Å². The molecule has 0 bridgehead atoms. The number of carbonyl (C=O) groups excluding carboxylic acids is 1. The van der Waals surface area contributed by atoms with E-state index in [4.69, 9.17) is 23.2 Å². The van der Waals surface area contributed by atoms with E-state index < -0.39 is 11.5 Å². The third-order valence-electron chi connectivity index (χ3n) is 4.31. The van der Waals surface area contributed by atoms with E-state index in [-0.39, 0.29) is 27.0 Å². The molecule has 3 rings (SSSR count). The quantitative estimate of drug-likeness (QED) is 0.623. The van der Waals surface area contributed by atoms with Crippen LogP contribution in [0.4, 0.5) is 5.69 Å². The third kappa shape index (κ3) is 3.66. The summed E-state index contributed by atoms with van der Waals surface area (Å²) >= 11 is 12.1. The smallest absolute Gasteiger partial charge is 0.267 e. The molecule has 27 heavy (non-hydrogen) atoms. The van der Waals surface area contributed by atoms with E-state index in [0.717, 1.165) is 12.8 Å². The Balaban J connectivity index is 2.14. The number of nitrogens with one attached hydrogen (secondary N) is 1. The highest BCUT2D eigenvalue weighted by Crippen LogP contribution is 2.31. The Bertz CT molecular complexity index is 1080. The molecule has 7 heteroatoms. The van der Waals surface area contributed by atoms with Crippen molar-refractivity contribution in [2.45, 2.75) is 26.3 Å². The van der Waals surface area contributed by atoms with Gasteiger partial charge in [0, 0.05) is 11.9 Å². The summed E-state index contributed by atoms with van der Waals surface area (Å²) in [6.45, 7) is 2.47. The molecule has 0 radical (unpaired) electrons. The molecule has 1 aromatic heterocycles. The second-order valence-corrected chi connectivity index (χ2v) is 6.89. The minimum Gasteiger partial charge on any atom is -0.506 e. The van der Waals surface area contributed by atoms with Gasteiger partial charge in [0.15, 0.2) is 0 Å². The number of aromatic nitrogens is 1. The monoisotopic (exact) mass is 404 g/mol. The zero-order valence-corrected chi connectivity index (χ0v) is 16.1. The predicted molar refractivity (Wildman–Crippen MR) is 109 cm³/mol. The molecular formula is C20H18Cl2N2O3. The number of hydrogen-bond donors (Lipinski definition) is 2. The summed E-state index contributed by atoms with van der Waals surface area (Å²) in [4.78, 5) is 25.8. The van der Waals surface area contributed by atoms with Crippen LogP contribution in [0.5, 0.6) is 5.75 Å². The Morgan fingerprint density at radius 1 is 1.15 bits per heavy atom. The molecule has 1 heterocycles. The largest absolute Gasteiger partial charge is 0.506 e. The first-order valence-electron chi connectivity index (χ1n) is 8.55. The molecule has 0 spiro atoms. The van der Waals surface area contributed by atoms with Crippen molar-refractivity contribution in [2.24, 2.45) is 0 Å². The van der Waals surface area contributed by atoms with E-state index in [2.05, 4.69) is 5.32 Å². The Labute approximate surface area is 166 Å². The number of halogens is 2. The highest BCUT2D eigenvalue weighted by Gasteiger charge is 2.23. The van der Waals surface area contributed by atoms with Crippen LogP contribution in [0.2, 0.25) is 10.0 Å². The lowest BCUT2D eigenvalue weighted by Crippen LogP contribution is -2.30. The number of para-hydroxylation sites is 1. The number of aromatic hydroxyl groups is 1. The van der Waals surface area contributed by atoms with E-state index in [1.165, 1.54) is 4.57 Å². The number of pyridine rings is 1. The van der Waals surface area contributed by atoms with Crippen LogP contribution in [0.15, 0.2) is 47.3 Å². The molecule has 2 aromatic carbocycles. The molecule has 0 fully saturated rings. The van der Waals surface area contributed by atoms with Crippen molar-refractivity contribution in [3.05, 3.63) is 68.4 Å². The van der Waals surface area contributed by atoms with E-state index in [1.807, 2.05) is 6.92 Å². The second kappa shape index (κ2) is 8.03. The molecule has 2 N–H and O–H groups in total. The SMILES string of the molecule is CCCCn1c(=O)c(C(=O)Nc2cccc(Cl)c2Cl)c(O)c2ccccc21. The minimum atomic E-state index is -0.738. The molecule has 0 unspecified atom stereocenters. The molecule has 0 aliphatic heterocycles. The van der Waals surface area contributed by atoms with Crippen LogP contribution in [0.25, 0.3) is 10.9 Å². The van der Waals surface area contributed by atoms with Crippen molar-refractivity contribution in [3.63, 3.8) is 0 Å². The van der Waals surface area contributed by atoms with Gasteiger partial charge in [0.25, 0.3) is 11.5 Å². The molecule has 0 atom stereocenters. The molecule has 0 aliphatic rings. The van der Waals surface area contributed by atoms with E-state index >= 15 is 0 Å². The number of aryl methyl sites for hydroxylation is 1. The number of carbonyl (C=O) groups is 1. The van der Waals surface area contributed by atoms with Gasteiger partial charge >= 0.3 is 0 Å². The van der Waals surface area contributed by atoms with Gasteiger partial charge in [-0.2, -0.15) is 0 Å². The van der Waals surface area contributed by atoms with Gasteiger partial charge in [-0.25, -0.2) is 0 Å². The fraction of sp³-hybridized carbons (Fsp3) is 0.200. The summed E-state index contributed by atoms with van der Waals surface area (Å²) in [6, 6.07) is 11.7. The lowest BCUT2D eigenvalue weighted by Gasteiger charge is -2.15. The third-order valence-corrected chi connectivity index (χ3v) is 5.13. The maximum absolute atomic E-state index is 13.0. The van der Waals surface area contributed by atoms with Crippen molar-refractivity contribution in [1.29, 1.82) is 0 Å². The first-order chi connectivity index (χ1) is 13.0. The topological polar surface area (TPSA) is 71.3 Å². The number of nitrogens with zero attached hydrogens (tertiary/aromatic N) is 1. The van der Waals surface area contributed by atoms with Crippen molar-refractivity contribution in [1.82, 2.24) is 4.57 Å². The standard InChI is InChI=1S/C20H18Cl2N2O3/c1-2-3-11-24-15-10-5-4-7-12(15)18(25)16(20(24)27)19(26)23-14-9-6-8-13(21)17(14)22/h4-10,25H,2-3,11H2,1H3,(H,23,26). The van der Waals surface area contributed by atoms with Crippen molar-refractivity contribution >= 4 is 45.7 Å². The predicted octanol–water partition coefficient (Wildman–Crippen LogP) is 5.07. The molecule has 5 nitrogen and oxygen atoms in total. The first kappa shape index (κ1) is 19.3. The van der Waals surface area contributed by atoms with Crippen LogP contribution in [-0.2, 0) is 6.54 Å². The molecule has 0 saturated heterocycles. The average Bonchev–Trinajstić information content (AvgIpc) is 2.65. The van der Waals surface area contributed by atoms with Crippen LogP contribution in [0.1, 0.15) is 30.1 Å². The summed E-state index contributed by atoms with van der Waals surface area (Å²) in [7, 11) is 0. The zero-order chi connectivity index (χ0) is 19.6. The van der Waals surface area contributed by atoms with E-state index in [9.17, 15) is 14.7 Å². The zero-order valence-electron chi connectivity index (χ0n) is 14.6. The fourth-order valence-electron chi connectivity index (χ4n) is 2.92. The number of unbranched alkanes of at least 4 members (excludes halogenated alkanes) is 1. The second-order valence-electron chi connectivity index (χ2n) is 6.11. The Hall–Kier alpha value is -2.50. The summed E-state index contributed by atoms with van der Waals surface area (Å²) in [6.07, 6.45) is 1.66. The fourth-order valence-corrected chi connectivity index (χ4v) is 3.27. The molecule has 3 aromatic rings. The van der Waals surface area contributed by atoms with Gasteiger partial charge < -0.3 is 15.0 Å². The van der Waals surface area contributed by atoms with Crippen LogP contribution < -0.4 is 10.9 Å². The van der Waals surface area contributed by atoms with Crippen LogP contribution in [0, 0.1) is 0 Å². The summed E-state index contributed by atoms with van der Waals surface area (Å²) in [5, 5.41) is 14.1. The molecule has 0 aliphatic carbocycles. The van der Waals surface area contributed by atoms with Crippen LogP contribution >= 0.6 is 23.2 Å². The first-order valence-corrected chi connectivity index (χ1v) is 9.31. The normalized spacial score (nSPS) is 10.9. The number of benzene rings is 2. The van der Waals surface area contributed by atoms with Crippen molar-refractivity contribution in [3.8, 4) is 5.75 Å². The highest BCUT2D eigenvalue weighted by molar-refractivity contribution is 6.44. The molecule has 140 valence electrons. The summed E-state index contributed by atoms with van der Waals surface area (Å²) < 4.78 is 1.52. The average molecular weight is 405 g/mol. The lowest BCUT2D eigenvalue weighted by atomic mass is 10.1. The van der Waals surface area contributed by atoms with Gasteiger partial charge in [-0.15, -0.1) is 0 Å². The number of rotatable bonds is 5. The number of hydrogen-bond acceptors (Lipinski definition) is 3. The summed E-state index contributed by atoms with van der Waals surface area (Å²) in [5.74, 6) is -1.09. The molecular weight excluding hydrogens is 387 g/mol. The van der Waals surface area contributed by atoms with Crippen molar-refractivity contribution < 1.29 is 9.90 Å². The number of amides is 1. The number of fused-ring (bicyclic) bond motifs is 1. The Morgan fingerprint density at radius 2 is 1.89 bits per heavy atom. The van der Waals surface area contributed by atoms with E-state index in [0.29, 0.717) is 17.4 Å². The van der Waals surface area contributed by atoms with Gasteiger partial charge in [-0.1, -0.05) is 54.7 Å². The summed E-state index contributed by atoms with van der Waals surface area (Å²) in [5.41, 5.74) is -0.0110. The van der Waals surface area contributed by atoms with Crippen LogP contribution in [-0.4, -0.2) is 15.6 Å². The maximum Gasteiger partial charge on any atom is 0.267 e.